The number of halogens is 2. The van der Waals surface area contributed by atoms with Crippen LogP contribution in [0.2, 0.25) is 0 Å². The van der Waals surface area contributed by atoms with Crippen molar-refractivity contribution in [3.63, 3.8) is 0 Å². The van der Waals surface area contributed by atoms with Crippen LogP contribution in [-0.4, -0.2) is 3.21 Å². The molecule has 0 spiro atoms. The molecule has 4 aromatic carbocycles. The monoisotopic (exact) mass is 599 g/mol. The van der Waals surface area contributed by atoms with E-state index in [9.17, 15) is 0 Å². The zero-order valence-corrected chi connectivity index (χ0v) is 25.6. The van der Waals surface area contributed by atoms with Crippen LogP contribution in [0.5, 0.6) is 0 Å². The van der Waals surface area contributed by atoms with Gasteiger partial charge in [-0.2, -0.15) is 0 Å². The Hall–Kier alpha value is -2.31. The van der Waals surface area contributed by atoms with Crippen LogP contribution in [-0.2, 0) is 29.2 Å². The summed E-state index contributed by atoms with van der Waals surface area (Å²) in [6.07, 6.45) is 2.14. The van der Waals surface area contributed by atoms with Crippen LogP contribution in [0.4, 0.5) is 0 Å². The number of fused-ring (bicyclic) bond motifs is 3. The van der Waals surface area contributed by atoms with E-state index in [0.717, 1.165) is 12.8 Å². The van der Waals surface area contributed by atoms with E-state index >= 15 is 0 Å². The number of rotatable bonds is 4. The van der Waals surface area contributed by atoms with Gasteiger partial charge in [-0.3, -0.25) is 0 Å². The molecule has 2 aliphatic rings. The van der Waals surface area contributed by atoms with Gasteiger partial charge in [0, 0.05) is 0 Å². The molecule has 0 aromatic heterocycles. The molecule has 0 bridgehead atoms. The first-order valence-electron chi connectivity index (χ1n) is 12.5. The van der Waals surface area contributed by atoms with Crippen LogP contribution >= 0.6 is 24.8 Å². The summed E-state index contributed by atoms with van der Waals surface area (Å²) in [4.78, 5) is 0. The second kappa shape index (κ2) is 11.6. The number of hydrogen-bond donors (Lipinski definition) is 0. The van der Waals surface area contributed by atoms with Gasteiger partial charge < -0.3 is 0 Å². The number of benzene rings is 4. The van der Waals surface area contributed by atoms with Gasteiger partial charge in [-0.25, -0.2) is 0 Å². The Morgan fingerprint density at radius 3 is 1.73 bits per heavy atom. The van der Waals surface area contributed by atoms with Crippen LogP contribution in [0.25, 0.3) is 16.7 Å². The molecule has 37 heavy (non-hydrogen) atoms. The summed E-state index contributed by atoms with van der Waals surface area (Å²) in [7, 11) is 0. The first-order valence-corrected chi connectivity index (χ1v) is 14.9. The maximum absolute atomic E-state index is 2.45. The first kappa shape index (κ1) is 27.7. The largest absolute Gasteiger partial charge is 0.147 e. The smallest absolute Gasteiger partial charge is 0.147 e. The molecule has 185 valence electrons. The molecule has 3 heteroatoms. The van der Waals surface area contributed by atoms with Crippen molar-refractivity contribution in [1.29, 1.82) is 0 Å². The third-order valence-corrected chi connectivity index (χ3v) is 11.8. The van der Waals surface area contributed by atoms with Crippen molar-refractivity contribution in [2.45, 2.75) is 33.6 Å². The van der Waals surface area contributed by atoms with Gasteiger partial charge in [-0.05, 0) is 0 Å². The van der Waals surface area contributed by atoms with Crippen molar-refractivity contribution < 1.29 is 22.8 Å². The third-order valence-electron chi connectivity index (χ3n) is 7.78. The summed E-state index contributed by atoms with van der Waals surface area (Å²) in [6.45, 7) is 6.93. The zero-order chi connectivity index (χ0) is 23.9. The second-order valence-corrected chi connectivity index (χ2v) is 12.8. The molecular weight excluding hydrogens is 571 g/mol. The molecule has 0 N–H and O–H groups in total. The molecule has 0 nitrogen and oxygen atoms in total. The van der Waals surface area contributed by atoms with Gasteiger partial charge in [-0.15, -0.1) is 24.8 Å². The quantitative estimate of drug-likeness (QED) is 0.194. The molecule has 0 fully saturated rings. The van der Waals surface area contributed by atoms with Gasteiger partial charge in [0.15, 0.2) is 0 Å². The molecule has 4 aromatic rings. The fourth-order valence-electron chi connectivity index (χ4n) is 5.63. The normalized spacial score (nSPS) is 13.4. The van der Waals surface area contributed by atoms with Gasteiger partial charge in [-0.1, -0.05) is 0 Å². The van der Waals surface area contributed by atoms with E-state index in [1.165, 1.54) is 50.1 Å². The summed E-state index contributed by atoms with van der Waals surface area (Å²) in [5.74, 6) is 0. The minimum absolute atomic E-state index is 0. The molecule has 6 rings (SSSR count). The Bertz CT molecular complexity index is 1500. The van der Waals surface area contributed by atoms with E-state index in [1.807, 2.05) is 0 Å². The minimum Gasteiger partial charge on any atom is -0.147 e. The predicted octanol–water partition coefficient (Wildman–Crippen LogP) is 8.59. The molecule has 2 aliphatic carbocycles. The number of allylic oxidation sites excluding steroid dienone is 4. The summed E-state index contributed by atoms with van der Waals surface area (Å²) < 4.78 is 3.24. The maximum Gasteiger partial charge on any atom is -0.147 e. The van der Waals surface area contributed by atoms with E-state index in [0.29, 0.717) is 0 Å². The van der Waals surface area contributed by atoms with Gasteiger partial charge >= 0.3 is 221 Å². The van der Waals surface area contributed by atoms with E-state index in [1.54, 1.807) is 17.6 Å². The minimum atomic E-state index is -1.17. The molecular formula is C34H31Cl2Zr. The standard InChI is InChI=1S/C21H19.C13H10.2ClH.Zr/c1-13-10-21(15(3)14(13)2)17-8-9-20-18(12-17)11-16-6-4-5-7-19(16)20;1-3-7-12(8-4-1)11-13-9-5-2-6-10-13;;;/h4-9H,10-11H2,1-3H3;1-10H;2*1H;. The summed E-state index contributed by atoms with van der Waals surface area (Å²) in [6, 6.07) is 36.1. The van der Waals surface area contributed by atoms with Crippen LogP contribution in [0.15, 0.2) is 114 Å². The van der Waals surface area contributed by atoms with E-state index in [4.69, 9.17) is 0 Å². The van der Waals surface area contributed by atoms with Crippen LogP contribution < -0.4 is 3.27 Å². The Morgan fingerprint density at radius 1 is 0.568 bits per heavy atom. The van der Waals surface area contributed by atoms with Crippen LogP contribution in [0.3, 0.4) is 0 Å². The van der Waals surface area contributed by atoms with Crippen molar-refractivity contribution >= 4 is 36.9 Å². The van der Waals surface area contributed by atoms with E-state index < -0.39 is 22.8 Å². The first-order chi connectivity index (χ1) is 17.1. The van der Waals surface area contributed by atoms with Crippen molar-refractivity contribution in [3.8, 4) is 11.1 Å². The Labute approximate surface area is 244 Å². The average Bonchev–Trinajstić information content (AvgIpc) is 3.41. The summed E-state index contributed by atoms with van der Waals surface area (Å²) >= 11 is -1.17. The molecule has 0 saturated carbocycles. The van der Waals surface area contributed by atoms with Gasteiger partial charge in [0.2, 0.25) is 0 Å². The van der Waals surface area contributed by atoms with E-state index in [2.05, 4.69) is 118 Å². The van der Waals surface area contributed by atoms with Crippen LogP contribution in [0.1, 0.15) is 55.0 Å². The molecule has 0 atom stereocenters. The topological polar surface area (TPSA) is 0 Å². The molecule has 0 saturated heterocycles. The Kier molecular flexibility index (Phi) is 8.70. The van der Waals surface area contributed by atoms with Crippen molar-refractivity contribution in [2.75, 3.05) is 0 Å². The van der Waals surface area contributed by atoms with Gasteiger partial charge in [0.1, 0.15) is 0 Å². The molecule has 0 amide bonds. The Balaban J connectivity index is 0.00000160. The second-order valence-electron chi connectivity index (χ2n) is 9.77. The van der Waals surface area contributed by atoms with Gasteiger partial charge in [0.05, 0.1) is 0 Å². The predicted molar refractivity (Wildman–Crippen MR) is 160 cm³/mol. The van der Waals surface area contributed by atoms with Gasteiger partial charge in [0.25, 0.3) is 0 Å². The van der Waals surface area contributed by atoms with Crippen molar-refractivity contribution in [3.05, 3.63) is 142 Å². The summed E-state index contributed by atoms with van der Waals surface area (Å²) in [5.41, 5.74) is 16.3. The van der Waals surface area contributed by atoms with E-state index in [-0.39, 0.29) is 24.8 Å². The SMILES string of the molecule is CC1=C(C)C(C)=C(c2ccc3c([c]2[Zr]=[C](c2ccccc2)c2ccccc2)Cc2ccccc2-3)C1.Cl.Cl. The molecule has 0 aliphatic heterocycles. The van der Waals surface area contributed by atoms with Crippen molar-refractivity contribution in [2.24, 2.45) is 0 Å². The number of hydrogen-bond acceptors (Lipinski definition) is 0. The summed E-state index contributed by atoms with van der Waals surface area (Å²) in [5, 5.41) is 0. The third kappa shape index (κ3) is 5.07. The molecule has 0 unspecified atom stereocenters. The van der Waals surface area contributed by atoms with Crippen molar-refractivity contribution in [1.82, 2.24) is 0 Å². The fourth-order valence-corrected chi connectivity index (χ4v) is 9.59. The molecule has 0 heterocycles. The molecule has 0 radical (unpaired) electrons. The maximum atomic E-state index is 2.45. The Morgan fingerprint density at radius 2 is 1.14 bits per heavy atom. The fraction of sp³-hybridized carbons (Fsp3) is 0.147. The van der Waals surface area contributed by atoms with Crippen LogP contribution in [0, 0.1) is 0 Å². The average molecular weight is 602 g/mol. The zero-order valence-electron chi connectivity index (χ0n) is 21.5.